The van der Waals surface area contributed by atoms with E-state index < -0.39 is 0 Å². The van der Waals surface area contributed by atoms with Crippen molar-refractivity contribution in [1.82, 2.24) is 9.97 Å². The summed E-state index contributed by atoms with van der Waals surface area (Å²) in [7, 11) is 0. The number of hydrogen-bond donors (Lipinski definition) is 1. The summed E-state index contributed by atoms with van der Waals surface area (Å²) in [5.74, 6) is 0.830. The van der Waals surface area contributed by atoms with Crippen LogP contribution in [-0.2, 0) is 9.59 Å². The van der Waals surface area contributed by atoms with Crippen molar-refractivity contribution in [3.63, 3.8) is 0 Å². The van der Waals surface area contributed by atoms with Gasteiger partial charge in [0.2, 0.25) is 0 Å². The van der Waals surface area contributed by atoms with Gasteiger partial charge in [-0.1, -0.05) is 22.0 Å². The van der Waals surface area contributed by atoms with Crippen LogP contribution in [-0.4, -0.2) is 23.5 Å². The predicted octanol–water partition coefficient (Wildman–Crippen LogP) is 4.38. The molecule has 5 nitrogen and oxygen atoms in total. The molecule has 0 amide bonds. The number of carbonyl (C=O) groups excluding carboxylic acids is 2. The Kier molecular flexibility index (Phi) is 7.71. The summed E-state index contributed by atoms with van der Waals surface area (Å²) < 4.78 is 1.04. The number of hydrogen-bond acceptors (Lipinski definition) is 5. The fourth-order valence-corrected chi connectivity index (χ4v) is 2.52. The van der Waals surface area contributed by atoms with Gasteiger partial charge in [0.1, 0.15) is 25.7 Å². The number of nitrogens with zero attached hydrogens (tertiary/aromatic N) is 2. The van der Waals surface area contributed by atoms with Crippen LogP contribution in [0.3, 0.4) is 0 Å². The van der Waals surface area contributed by atoms with Gasteiger partial charge < -0.3 is 14.9 Å². The van der Waals surface area contributed by atoms with Crippen LogP contribution < -0.4 is 5.32 Å². The van der Waals surface area contributed by atoms with E-state index in [0.717, 1.165) is 26.9 Å². The maximum Gasteiger partial charge on any atom is 0.141 e. The van der Waals surface area contributed by atoms with Gasteiger partial charge in [0.25, 0.3) is 0 Å². The fraction of sp³-hybridized carbons (Fsp3) is 0.111. The molecule has 0 bridgehead atoms. The topological polar surface area (TPSA) is 72.0 Å². The highest BCUT2D eigenvalue weighted by atomic mass is 79.9. The Morgan fingerprint density at radius 3 is 2.29 bits per heavy atom. The number of aryl methyl sites for hydroxylation is 2. The zero-order valence-electron chi connectivity index (χ0n) is 13.5. The number of halogens is 1. The van der Waals surface area contributed by atoms with Crippen molar-refractivity contribution in [2.45, 2.75) is 13.8 Å². The van der Waals surface area contributed by atoms with E-state index in [1.807, 2.05) is 37.8 Å². The minimum Gasteiger partial charge on any atom is -0.340 e. The van der Waals surface area contributed by atoms with Crippen LogP contribution in [0.25, 0.3) is 10.9 Å². The van der Waals surface area contributed by atoms with Gasteiger partial charge in [0.15, 0.2) is 0 Å². The number of benzene rings is 2. The van der Waals surface area contributed by atoms with Crippen molar-refractivity contribution in [2.24, 2.45) is 0 Å². The average molecular weight is 388 g/mol. The van der Waals surface area contributed by atoms with Gasteiger partial charge in [0, 0.05) is 15.5 Å². The van der Waals surface area contributed by atoms with E-state index in [9.17, 15) is 0 Å². The van der Waals surface area contributed by atoms with Crippen LogP contribution in [0.2, 0.25) is 0 Å². The highest BCUT2D eigenvalue weighted by molar-refractivity contribution is 9.10. The SMILES string of the molecule is C=O.C=O.Cc1cc2ncnc(Nc3cccc(Br)c3)c2cc1C. The average Bonchev–Trinajstić information content (AvgIpc) is 2.60. The third-order valence-corrected chi connectivity index (χ3v) is 3.83. The summed E-state index contributed by atoms with van der Waals surface area (Å²) in [5, 5.41) is 4.39. The summed E-state index contributed by atoms with van der Waals surface area (Å²) in [5.41, 5.74) is 4.44. The van der Waals surface area contributed by atoms with E-state index in [2.05, 4.69) is 57.2 Å². The summed E-state index contributed by atoms with van der Waals surface area (Å²) in [6.45, 7) is 8.20. The molecule has 0 unspecified atom stereocenters. The Labute approximate surface area is 149 Å². The number of anilines is 2. The van der Waals surface area contributed by atoms with Crippen molar-refractivity contribution in [2.75, 3.05) is 5.32 Å². The first-order valence-corrected chi connectivity index (χ1v) is 7.75. The number of aromatic nitrogens is 2. The molecule has 0 radical (unpaired) electrons. The Balaban J connectivity index is 0.000000671. The summed E-state index contributed by atoms with van der Waals surface area (Å²) in [4.78, 5) is 24.7. The van der Waals surface area contributed by atoms with Crippen LogP contribution in [0.4, 0.5) is 11.5 Å². The first-order chi connectivity index (χ1) is 11.6. The maximum atomic E-state index is 8.00. The molecule has 24 heavy (non-hydrogen) atoms. The molecule has 6 heteroatoms. The third-order valence-electron chi connectivity index (χ3n) is 3.34. The molecule has 0 saturated heterocycles. The Morgan fingerprint density at radius 1 is 0.958 bits per heavy atom. The maximum absolute atomic E-state index is 8.00. The largest absolute Gasteiger partial charge is 0.340 e. The molecule has 1 heterocycles. The molecule has 3 aromatic rings. The minimum absolute atomic E-state index is 0.830. The van der Waals surface area contributed by atoms with Crippen molar-refractivity contribution >= 4 is 51.9 Å². The van der Waals surface area contributed by atoms with Gasteiger partial charge in [-0.05, 0) is 55.3 Å². The van der Waals surface area contributed by atoms with Gasteiger partial charge in [-0.3, -0.25) is 0 Å². The molecule has 0 spiro atoms. The molecule has 0 aliphatic rings. The zero-order valence-corrected chi connectivity index (χ0v) is 15.1. The Morgan fingerprint density at radius 2 is 1.62 bits per heavy atom. The molecule has 1 N–H and O–H groups in total. The number of fused-ring (bicyclic) bond motifs is 1. The van der Waals surface area contributed by atoms with Gasteiger partial charge in [-0.25, -0.2) is 9.97 Å². The molecule has 0 aliphatic heterocycles. The minimum atomic E-state index is 0.830. The molecule has 124 valence electrons. The van der Waals surface area contributed by atoms with Gasteiger partial charge >= 0.3 is 0 Å². The second kappa shape index (κ2) is 9.52. The molecule has 0 saturated carbocycles. The molecular weight excluding hydrogens is 370 g/mol. The summed E-state index contributed by atoms with van der Waals surface area (Å²) in [6.07, 6.45) is 1.59. The van der Waals surface area contributed by atoms with Crippen molar-refractivity contribution in [3.05, 3.63) is 58.3 Å². The monoisotopic (exact) mass is 387 g/mol. The molecular formula is C18H18BrN3O2. The smallest absolute Gasteiger partial charge is 0.141 e. The molecule has 0 atom stereocenters. The lowest BCUT2D eigenvalue weighted by atomic mass is 10.1. The highest BCUT2D eigenvalue weighted by Crippen LogP contribution is 2.26. The summed E-state index contributed by atoms with van der Waals surface area (Å²) >= 11 is 3.47. The van der Waals surface area contributed by atoms with E-state index >= 15 is 0 Å². The summed E-state index contributed by atoms with van der Waals surface area (Å²) in [6, 6.07) is 12.3. The standard InChI is InChI=1S/C16H14BrN3.2CH2O/c1-10-6-14-15(7-11(10)2)18-9-19-16(14)20-13-5-3-4-12(17)8-13;2*1-2/h3-9H,1-2H3,(H,18,19,20);2*1H2. The predicted molar refractivity (Wildman–Crippen MR) is 101 cm³/mol. The number of carbonyl (C=O) groups is 2. The first kappa shape index (κ1) is 19.4. The fourth-order valence-electron chi connectivity index (χ4n) is 2.12. The third kappa shape index (κ3) is 4.70. The quantitative estimate of drug-likeness (QED) is 0.705. The first-order valence-electron chi connectivity index (χ1n) is 6.96. The van der Waals surface area contributed by atoms with Crippen LogP contribution in [0.15, 0.2) is 47.2 Å². The molecule has 0 aliphatic carbocycles. The van der Waals surface area contributed by atoms with Crippen LogP contribution in [0.1, 0.15) is 11.1 Å². The number of rotatable bonds is 2. The van der Waals surface area contributed by atoms with Crippen molar-refractivity contribution in [3.8, 4) is 0 Å². The van der Waals surface area contributed by atoms with E-state index in [4.69, 9.17) is 9.59 Å². The van der Waals surface area contributed by atoms with E-state index in [1.54, 1.807) is 6.33 Å². The van der Waals surface area contributed by atoms with Crippen molar-refractivity contribution < 1.29 is 9.59 Å². The van der Waals surface area contributed by atoms with E-state index in [1.165, 1.54) is 11.1 Å². The lowest BCUT2D eigenvalue weighted by Gasteiger charge is -2.10. The van der Waals surface area contributed by atoms with Crippen molar-refractivity contribution in [1.29, 1.82) is 0 Å². The molecule has 0 fully saturated rings. The molecule has 2 aromatic carbocycles. The van der Waals surface area contributed by atoms with E-state index in [-0.39, 0.29) is 0 Å². The lowest BCUT2D eigenvalue weighted by molar-refractivity contribution is -0.0987. The van der Waals surface area contributed by atoms with Crippen LogP contribution in [0, 0.1) is 13.8 Å². The number of nitrogens with one attached hydrogen (secondary N) is 1. The molecule has 1 aromatic heterocycles. The van der Waals surface area contributed by atoms with Gasteiger partial charge in [-0.15, -0.1) is 0 Å². The normalized spacial score (nSPS) is 9.29. The van der Waals surface area contributed by atoms with Gasteiger partial charge in [0.05, 0.1) is 5.52 Å². The lowest BCUT2D eigenvalue weighted by Crippen LogP contribution is -1.97. The second-order valence-electron chi connectivity index (χ2n) is 4.81. The van der Waals surface area contributed by atoms with Crippen LogP contribution >= 0.6 is 15.9 Å². The molecule has 3 rings (SSSR count). The Bertz CT molecular complexity index is 822. The highest BCUT2D eigenvalue weighted by Gasteiger charge is 2.06. The second-order valence-corrected chi connectivity index (χ2v) is 5.73. The van der Waals surface area contributed by atoms with E-state index in [0.29, 0.717) is 0 Å². The Hall–Kier alpha value is -2.60. The van der Waals surface area contributed by atoms with Crippen LogP contribution in [0.5, 0.6) is 0 Å². The zero-order chi connectivity index (χ0) is 18.1. The van der Waals surface area contributed by atoms with Gasteiger partial charge in [-0.2, -0.15) is 0 Å².